The highest BCUT2D eigenvalue weighted by Gasteiger charge is 2.31. The number of ether oxygens (including phenoxy) is 1. The second-order valence-electron chi connectivity index (χ2n) is 6.69. The van der Waals surface area contributed by atoms with Crippen LogP contribution in [0.2, 0.25) is 0 Å². The van der Waals surface area contributed by atoms with Crippen LogP contribution in [-0.2, 0) is 26.3 Å². The van der Waals surface area contributed by atoms with Gasteiger partial charge in [-0.2, -0.15) is 0 Å². The second kappa shape index (κ2) is 8.63. The van der Waals surface area contributed by atoms with E-state index in [1.165, 1.54) is 7.11 Å². The Kier molecular flexibility index (Phi) is 6.52. The van der Waals surface area contributed by atoms with Crippen LogP contribution in [-0.4, -0.2) is 25.5 Å². The number of nitrogens with two attached hydrogens (primary N) is 1. The normalized spacial score (nSPS) is 14.2. The number of amides is 1. The minimum atomic E-state index is -1.18. The molecule has 3 N–H and O–H groups in total. The molecule has 0 spiro atoms. The molecular weight excluding hydrogens is 328 g/mol. The Balaban J connectivity index is 2.07. The molecule has 1 amide bonds. The van der Waals surface area contributed by atoms with Crippen molar-refractivity contribution in [2.45, 2.75) is 25.8 Å². The lowest BCUT2D eigenvalue weighted by Gasteiger charge is -2.25. The molecule has 2 aromatic rings. The summed E-state index contributed by atoms with van der Waals surface area (Å²) in [5.74, 6) is -1.16. The quantitative estimate of drug-likeness (QED) is 0.748. The molecule has 2 unspecified atom stereocenters. The average molecular weight is 354 g/mol. The first kappa shape index (κ1) is 19.7. The smallest absolute Gasteiger partial charge is 0.310 e. The van der Waals surface area contributed by atoms with Gasteiger partial charge >= 0.3 is 5.97 Å². The molecule has 5 heteroatoms. The van der Waals surface area contributed by atoms with E-state index in [1.54, 1.807) is 6.92 Å². The molecule has 5 nitrogen and oxygen atoms in total. The molecule has 0 aromatic heterocycles. The Morgan fingerprint density at radius 2 is 1.85 bits per heavy atom. The van der Waals surface area contributed by atoms with Gasteiger partial charge in [0, 0.05) is 6.54 Å². The van der Waals surface area contributed by atoms with Crippen molar-refractivity contribution < 1.29 is 14.3 Å². The van der Waals surface area contributed by atoms with Gasteiger partial charge in [-0.3, -0.25) is 9.59 Å². The number of rotatable bonds is 7. The summed E-state index contributed by atoms with van der Waals surface area (Å²) in [4.78, 5) is 24.7. The SMILES string of the molecule is COC(=O)C(CNC(=O)C(C)(N)c1ccccc1)Cc1cccc(C)c1. The molecule has 138 valence electrons. The Hall–Kier alpha value is -2.66. The number of esters is 1. The summed E-state index contributed by atoms with van der Waals surface area (Å²) in [6, 6.07) is 17.1. The van der Waals surface area contributed by atoms with Crippen molar-refractivity contribution in [1.82, 2.24) is 5.32 Å². The summed E-state index contributed by atoms with van der Waals surface area (Å²) >= 11 is 0. The highest BCUT2D eigenvalue weighted by Crippen LogP contribution is 2.18. The summed E-state index contributed by atoms with van der Waals surface area (Å²) < 4.78 is 4.90. The van der Waals surface area contributed by atoms with Crippen LogP contribution in [0.3, 0.4) is 0 Å². The largest absolute Gasteiger partial charge is 0.469 e. The van der Waals surface area contributed by atoms with Crippen LogP contribution >= 0.6 is 0 Å². The summed E-state index contributed by atoms with van der Waals surface area (Å²) in [6.45, 7) is 3.82. The number of aryl methyl sites for hydroxylation is 1. The fourth-order valence-corrected chi connectivity index (χ4v) is 2.84. The lowest BCUT2D eigenvalue weighted by atomic mass is 9.91. The molecule has 0 bridgehead atoms. The minimum absolute atomic E-state index is 0.166. The van der Waals surface area contributed by atoms with E-state index < -0.39 is 11.5 Å². The zero-order valence-corrected chi connectivity index (χ0v) is 15.5. The summed E-state index contributed by atoms with van der Waals surface area (Å²) in [7, 11) is 1.35. The molecule has 0 fully saturated rings. The van der Waals surface area contributed by atoms with Crippen LogP contribution in [0.1, 0.15) is 23.6 Å². The van der Waals surface area contributed by atoms with E-state index in [-0.39, 0.29) is 18.4 Å². The van der Waals surface area contributed by atoms with Crippen LogP contribution in [0.15, 0.2) is 54.6 Å². The predicted octanol–water partition coefficient (Wildman–Crippen LogP) is 2.32. The Bertz CT molecular complexity index is 757. The number of carbonyl (C=O) groups is 2. The minimum Gasteiger partial charge on any atom is -0.469 e. The van der Waals surface area contributed by atoms with E-state index >= 15 is 0 Å². The van der Waals surface area contributed by atoms with Gasteiger partial charge in [-0.25, -0.2) is 0 Å². The van der Waals surface area contributed by atoms with Crippen molar-refractivity contribution in [2.75, 3.05) is 13.7 Å². The lowest BCUT2D eigenvalue weighted by Crippen LogP contribution is -2.50. The number of benzene rings is 2. The van der Waals surface area contributed by atoms with Crippen molar-refractivity contribution in [3.63, 3.8) is 0 Å². The second-order valence-corrected chi connectivity index (χ2v) is 6.69. The first-order valence-corrected chi connectivity index (χ1v) is 8.60. The molecule has 0 aliphatic rings. The van der Waals surface area contributed by atoms with E-state index in [0.717, 1.165) is 11.1 Å². The van der Waals surface area contributed by atoms with Gasteiger partial charge in [-0.1, -0.05) is 60.2 Å². The fourth-order valence-electron chi connectivity index (χ4n) is 2.84. The molecule has 2 rings (SSSR count). The van der Waals surface area contributed by atoms with Crippen LogP contribution in [0.5, 0.6) is 0 Å². The van der Waals surface area contributed by atoms with E-state index in [1.807, 2.05) is 61.5 Å². The van der Waals surface area contributed by atoms with Crippen molar-refractivity contribution in [1.29, 1.82) is 0 Å². The maximum Gasteiger partial charge on any atom is 0.310 e. The third kappa shape index (κ3) is 4.92. The standard InChI is InChI=1S/C21H26N2O3/c1-15-8-7-9-16(12-15)13-17(19(24)26-3)14-23-20(25)21(2,22)18-10-5-4-6-11-18/h4-12,17H,13-14,22H2,1-3H3,(H,23,25). The van der Waals surface area contributed by atoms with Gasteiger partial charge in [0.25, 0.3) is 0 Å². The van der Waals surface area contributed by atoms with Crippen molar-refractivity contribution in [3.8, 4) is 0 Å². The van der Waals surface area contributed by atoms with E-state index in [2.05, 4.69) is 5.32 Å². The number of methoxy groups -OCH3 is 1. The summed E-state index contributed by atoms with van der Waals surface area (Å²) in [5.41, 5.74) is 7.90. The third-order valence-corrected chi connectivity index (χ3v) is 4.45. The van der Waals surface area contributed by atoms with Gasteiger partial charge in [0.1, 0.15) is 5.54 Å². The molecular formula is C21H26N2O3. The molecule has 0 saturated heterocycles. The molecule has 0 aliphatic heterocycles. The zero-order valence-electron chi connectivity index (χ0n) is 15.5. The zero-order chi connectivity index (χ0) is 19.2. The van der Waals surface area contributed by atoms with Crippen molar-refractivity contribution >= 4 is 11.9 Å². The van der Waals surface area contributed by atoms with E-state index in [9.17, 15) is 9.59 Å². The summed E-state index contributed by atoms with van der Waals surface area (Å²) in [5, 5.41) is 2.81. The van der Waals surface area contributed by atoms with Crippen LogP contribution in [0, 0.1) is 12.8 Å². The Morgan fingerprint density at radius 3 is 2.46 bits per heavy atom. The van der Waals surface area contributed by atoms with E-state index in [0.29, 0.717) is 12.0 Å². The van der Waals surface area contributed by atoms with Gasteiger partial charge in [-0.15, -0.1) is 0 Å². The highest BCUT2D eigenvalue weighted by molar-refractivity contribution is 5.87. The van der Waals surface area contributed by atoms with Gasteiger partial charge in [0.15, 0.2) is 0 Å². The van der Waals surface area contributed by atoms with Crippen molar-refractivity contribution in [3.05, 3.63) is 71.3 Å². The number of carbonyl (C=O) groups excluding carboxylic acids is 2. The summed E-state index contributed by atoms with van der Waals surface area (Å²) in [6.07, 6.45) is 0.487. The molecule has 0 heterocycles. The molecule has 26 heavy (non-hydrogen) atoms. The lowest BCUT2D eigenvalue weighted by molar-refractivity contribution is -0.145. The number of hydrogen-bond acceptors (Lipinski definition) is 4. The first-order valence-electron chi connectivity index (χ1n) is 8.60. The average Bonchev–Trinajstić information content (AvgIpc) is 2.64. The van der Waals surface area contributed by atoms with Gasteiger partial charge in [-0.05, 0) is 31.4 Å². The molecule has 2 atom stereocenters. The van der Waals surface area contributed by atoms with Gasteiger partial charge in [0.05, 0.1) is 13.0 Å². The molecule has 0 aliphatic carbocycles. The maximum absolute atomic E-state index is 12.6. The maximum atomic E-state index is 12.6. The van der Waals surface area contributed by atoms with Crippen LogP contribution in [0.25, 0.3) is 0 Å². The Morgan fingerprint density at radius 1 is 1.15 bits per heavy atom. The molecule has 0 radical (unpaired) electrons. The first-order chi connectivity index (χ1) is 12.3. The van der Waals surface area contributed by atoms with Crippen LogP contribution < -0.4 is 11.1 Å². The number of hydrogen-bond donors (Lipinski definition) is 2. The highest BCUT2D eigenvalue weighted by atomic mass is 16.5. The third-order valence-electron chi connectivity index (χ3n) is 4.45. The monoisotopic (exact) mass is 354 g/mol. The van der Waals surface area contributed by atoms with Crippen molar-refractivity contribution in [2.24, 2.45) is 11.7 Å². The van der Waals surface area contributed by atoms with Gasteiger partial charge < -0.3 is 15.8 Å². The predicted molar refractivity (Wildman–Crippen MR) is 101 cm³/mol. The van der Waals surface area contributed by atoms with Gasteiger partial charge in [0.2, 0.25) is 5.91 Å². The fraction of sp³-hybridized carbons (Fsp3) is 0.333. The number of nitrogens with one attached hydrogen (secondary N) is 1. The van der Waals surface area contributed by atoms with Crippen LogP contribution in [0.4, 0.5) is 0 Å². The Labute approximate surface area is 154 Å². The topological polar surface area (TPSA) is 81.4 Å². The molecule has 2 aromatic carbocycles. The molecule has 0 saturated carbocycles. The van der Waals surface area contributed by atoms with E-state index in [4.69, 9.17) is 10.5 Å².